The summed E-state index contributed by atoms with van der Waals surface area (Å²) in [5.74, 6) is -1.57. The molecular weight excluding hydrogens is 435 g/mol. The van der Waals surface area contributed by atoms with Crippen molar-refractivity contribution in [1.29, 1.82) is 0 Å². The van der Waals surface area contributed by atoms with Gasteiger partial charge in [-0.2, -0.15) is 0 Å². The number of halogens is 1. The van der Waals surface area contributed by atoms with Crippen LogP contribution in [0.1, 0.15) is 38.8 Å². The zero-order valence-electron chi connectivity index (χ0n) is 19.6. The SMILES string of the molecule is CCN1c2ccc(/C=C3/NC(=O)N(CC(=O)Nc4ccc(F)cc4)C3=O)cc2C(C)=CC1(C)C. The average molecular weight is 463 g/mol. The van der Waals surface area contributed by atoms with Gasteiger partial charge < -0.3 is 15.5 Å². The quantitative estimate of drug-likeness (QED) is 0.511. The Morgan fingerprint density at radius 2 is 1.85 bits per heavy atom. The standard InChI is InChI=1S/C26H27FN4O3/c1-5-31-22-11-6-17(12-20(22)16(2)14-26(31,3)4)13-21-24(33)30(25(34)29-21)15-23(32)28-19-9-7-18(27)8-10-19/h6-14H,5,15H2,1-4H3,(H,28,32)(H,29,34)/b21-13+. The number of urea groups is 1. The number of amides is 4. The Balaban J connectivity index is 1.52. The van der Waals surface area contributed by atoms with Crippen molar-refractivity contribution in [1.82, 2.24) is 10.2 Å². The molecule has 34 heavy (non-hydrogen) atoms. The third kappa shape index (κ3) is 4.44. The molecule has 2 N–H and O–H groups in total. The number of carbonyl (C=O) groups is 3. The first-order chi connectivity index (χ1) is 16.1. The van der Waals surface area contributed by atoms with E-state index < -0.39 is 30.2 Å². The number of anilines is 2. The van der Waals surface area contributed by atoms with Gasteiger partial charge in [0.2, 0.25) is 5.91 Å². The second kappa shape index (κ2) is 8.78. The summed E-state index contributed by atoms with van der Waals surface area (Å²) in [6.45, 7) is 8.93. The van der Waals surface area contributed by atoms with E-state index in [1.54, 1.807) is 6.08 Å². The highest BCUT2D eigenvalue weighted by atomic mass is 19.1. The molecular formula is C26H27FN4O3. The van der Waals surface area contributed by atoms with Gasteiger partial charge in [-0.15, -0.1) is 0 Å². The van der Waals surface area contributed by atoms with Crippen LogP contribution in [-0.4, -0.2) is 41.4 Å². The molecule has 2 aromatic carbocycles. The number of imide groups is 1. The van der Waals surface area contributed by atoms with E-state index in [-0.39, 0.29) is 11.2 Å². The van der Waals surface area contributed by atoms with Crippen LogP contribution >= 0.6 is 0 Å². The van der Waals surface area contributed by atoms with Crippen LogP contribution in [0, 0.1) is 5.82 Å². The van der Waals surface area contributed by atoms with Crippen LogP contribution in [0.3, 0.4) is 0 Å². The fraction of sp³-hybridized carbons (Fsp3) is 0.269. The molecule has 0 unspecified atom stereocenters. The number of nitrogens with zero attached hydrogens (tertiary/aromatic N) is 2. The second-order valence-corrected chi connectivity index (χ2v) is 8.94. The minimum absolute atomic E-state index is 0.101. The summed E-state index contributed by atoms with van der Waals surface area (Å²) in [6, 6.07) is 10.5. The zero-order valence-corrected chi connectivity index (χ0v) is 19.6. The number of carbonyl (C=O) groups excluding carboxylic acids is 3. The lowest BCUT2D eigenvalue weighted by Gasteiger charge is -2.42. The largest absolute Gasteiger partial charge is 0.363 e. The molecule has 1 saturated heterocycles. The summed E-state index contributed by atoms with van der Waals surface area (Å²) in [5.41, 5.74) is 4.48. The predicted molar refractivity (Wildman–Crippen MR) is 130 cm³/mol. The van der Waals surface area contributed by atoms with E-state index in [1.165, 1.54) is 24.3 Å². The molecule has 0 bridgehead atoms. The Bertz CT molecular complexity index is 1230. The number of rotatable bonds is 5. The third-order valence-electron chi connectivity index (χ3n) is 6.02. The van der Waals surface area contributed by atoms with Crippen molar-refractivity contribution >= 4 is 40.9 Å². The first kappa shape index (κ1) is 23.2. The summed E-state index contributed by atoms with van der Waals surface area (Å²) in [7, 11) is 0. The number of hydrogen-bond acceptors (Lipinski definition) is 4. The summed E-state index contributed by atoms with van der Waals surface area (Å²) in [5, 5.41) is 5.09. The molecule has 0 saturated carbocycles. The molecule has 7 nitrogen and oxygen atoms in total. The number of allylic oxidation sites excluding steroid dienone is 1. The van der Waals surface area contributed by atoms with Gasteiger partial charge in [-0.25, -0.2) is 14.1 Å². The second-order valence-electron chi connectivity index (χ2n) is 8.94. The van der Waals surface area contributed by atoms with Gasteiger partial charge in [0.05, 0.1) is 5.54 Å². The monoisotopic (exact) mass is 462 g/mol. The van der Waals surface area contributed by atoms with Crippen molar-refractivity contribution in [3.8, 4) is 0 Å². The molecule has 0 aliphatic carbocycles. The van der Waals surface area contributed by atoms with Gasteiger partial charge in [0.15, 0.2) is 0 Å². The fourth-order valence-corrected chi connectivity index (χ4v) is 4.53. The van der Waals surface area contributed by atoms with Crippen molar-refractivity contribution in [3.63, 3.8) is 0 Å². The minimum atomic E-state index is -0.668. The van der Waals surface area contributed by atoms with Crippen LogP contribution in [0.15, 0.2) is 54.2 Å². The Kier molecular flexibility index (Phi) is 6.00. The van der Waals surface area contributed by atoms with E-state index in [2.05, 4.69) is 49.3 Å². The number of nitrogens with one attached hydrogen (secondary N) is 2. The lowest BCUT2D eigenvalue weighted by molar-refractivity contribution is -0.127. The normalized spacial score (nSPS) is 18.0. The van der Waals surface area contributed by atoms with Gasteiger partial charge in [-0.1, -0.05) is 12.1 Å². The molecule has 2 aliphatic heterocycles. The van der Waals surface area contributed by atoms with Crippen LogP contribution in [0.2, 0.25) is 0 Å². The lowest BCUT2D eigenvalue weighted by atomic mass is 9.88. The average Bonchev–Trinajstić information content (AvgIpc) is 3.02. The summed E-state index contributed by atoms with van der Waals surface area (Å²) < 4.78 is 13.0. The first-order valence-electron chi connectivity index (χ1n) is 11.1. The molecule has 0 radical (unpaired) electrons. The topological polar surface area (TPSA) is 81.8 Å². The van der Waals surface area contributed by atoms with Crippen molar-refractivity contribution < 1.29 is 18.8 Å². The Hall–Kier alpha value is -3.94. The molecule has 0 spiro atoms. The molecule has 2 aliphatic rings. The van der Waals surface area contributed by atoms with E-state index in [9.17, 15) is 18.8 Å². The number of likely N-dealkylation sites (N-methyl/N-ethyl adjacent to an activating group) is 1. The van der Waals surface area contributed by atoms with E-state index in [0.29, 0.717) is 5.69 Å². The Labute approximate surface area is 197 Å². The molecule has 176 valence electrons. The summed E-state index contributed by atoms with van der Waals surface area (Å²) >= 11 is 0. The Morgan fingerprint density at radius 3 is 2.53 bits per heavy atom. The maximum Gasteiger partial charge on any atom is 0.329 e. The van der Waals surface area contributed by atoms with Crippen LogP contribution in [0.5, 0.6) is 0 Å². The van der Waals surface area contributed by atoms with Crippen LogP contribution < -0.4 is 15.5 Å². The predicted octanol–water partition coefficient (Wildman–Crippen LogP) is 4.38. The smallest absolute Gasteiger partial charge is 0.329 e. The maximum absolute atomic E-state index is 13.0. The van der Waals surface area contributed by atoms with E-state index >= 15 is 0 Å². The highest BCUT2D eigenvalue weighted by Crippen LogP contribution is 2.39. The Morgan fingerprint density at radius 1 is 1.15 bits per heavy atom. The molecule has 0 aromatic heterocycles. The first-order valence-corrected chi connectivity index (χ1v) is 11.1. The van der Waals surface area contributed by atoms with E-state index in [0.717, 1.165) is 33.8 Å². The molecule has 1 fully saturated rings. The van der Waals surface area contributed by atoms with Gasteiger partial charge in [-0.3, -0.25) is 9.59 Å². The van der Waals surface area contributed by atoms with Crippen molar-refractivity contribution in [2.75, 3.05) is 23.3 Å². The molecule has 2 aromatic rings. The van der Waals surface area contributed by atoms with Crippen LogP contribution in [-0.2, 0) is 9.59 Å². The van der Waals surface area contributed by atoms with E-state index in [4.69, 9.17) is 0 Å². The van der Waals surface area contributed by atoms with Gasteiger partial charge in [0.1, 0.15) is 18.1 Å². The van der Waals surface area contributed by atoms with Gasteiger partial charge in [0, 0.05) is 23.5 Å². The molecule has 4 amide bonds. The van der Waals surface area contributed by atoms with Gasteiger partial charge in [-0.05, 0) is 81.3 Å². The highest BCUT2D eigenvalue weighted by Gasteiger charge is 2.35. The number of hydrogen-bond donors (Lipinski definition) is 2. The molecule has 8 heteroatoms. The van der Waals surface area contributed by atoms with Gasteiger partial charge >= 0.3 is 6.03 Å². The van der Waals surface area contributed by atoms with Crippen molar-refractivity contribution in [2.45, 2.75) is 33.2 Å². The third-order valence-corrected chi connectivity index (χ3v) is 6.02. The van der Waals surface area contributed by atoms with Crippen LogP contribution in [0.25, 0.3) is 11.6 Å². The van der Waals surface area contributed by atoms with Crippen LogP contribution in [0.4, 0.5) is 20.6 Å². The summed E-state index contributed by atoms with van der Waals surface area (Å²) in [4.78, 5) is 40.6. The zero-order chi connectivity index (χ0) is 24.6. The minimum Gasteiger partial charge on any atom is -0.363 e. The highest BCUT2D eigenvalue weighted by molar-refractivity contribution is 6.16. The van der Waals surface area contributed by atoms with Crippen molar-refractivity contribution in [3.05, 3.63) is 71.2 Å². The fourth-order valence-electron chi connectivity index (χ4n) is 4.53. The summed E-state index contributed by atoms with van der Waals surface area (Å²) in [6.07, 6.45) is 3.83. The van der Waals surface area contributed by atoms with E-state index in [1.807, 2.05) is 18.2 Å². The van der Waals surface area contributed by atoms with Gasteiger partial charge in [0.25, 0.3) is 5.91 Å². The lowest BCUT2D eigenvalue weighted by Crippen LogP contribution is -2.44. The maximum atomic E-state index is 13.0. The van der Waals surface area contributed by atoms with Crippen molar-refractivity contribution in [2.24, 2.45) is 0 Å². The molecule has 2 heterocycles. The number of benzene rings is 2. The number of fused-ring (bicyclic) bond motifs is 1. The molecule has 0 atom stereocenters. The molecule has 4 rings (SSSR count).